The van der Waals surface area contributed by atoms with Gasteiger partial charge in [0.2, 0.25) is 11.8 Å². The van der Waals surface area contributed by atoms with Crippen LogP contribution in [-0.2, 0) is 25.8 Å². The SMILES string of the molecule is Cc1ccccc1CC(=O)NCC(=O)N(C)C1CCS(=O)(=O)C1. The zero-order chi connectivity index (χ0) is 17.0. The summed E-state index contributed by atoms with van der Waals surface area (Å²) in [4.78, 5) is 25.4. The van der Waals surface area contributed by atoms with Crippen molar-refractivity contribution in [2.75, 3.05) is 25.1 Å². The third-order valence-electron chi connectivity index (χ3n) is 4.20. The molecule has 1 unspecified atom stereocenters. The molecule has 1 heterocycles. The summed E-state index contributed by atoms with van der Waals surface area (Å²) in [5.41, 5.74) is 1.95. The van der Waals surface area contributed by atoms with Gasteiger partial charge in [-0.3, -0.25) is 9.59 Å². The summed E-state index contributed by atoms with van der Waals surface area (Å²) in [5, 5.41) is 2.60. The first kappa shape index (κ1) is 17.5. The number of benzene rings is 1. The molecule has 0 saturated carbocycles. The number of hydrogen-bond acceptors (Lipinski definition) is 4. The number of aryl methyl sites for hydroxylation is 1. The first-order valence-electron chi connectivity index (χ1n) is 7.56. The molecule has 1 aliphatic rings. The second-order valence-electron chi connectivity index (χ2n) is 5.94. The largest absolute Gasteiger partial charge is 0.347 e. The van der Waals surface area contributed by atoms with Gasteiger partial charge < -0.3 is 10.2 Å². The Bertz CT molecular complexity index is 700. The molecule has 1 fully saturated rings. The molecule has 0 aromatic heterocycles. The van der Waals surface area contributed by atoms with Crippen LogP contribution in [0, 0.1) is 6.92 Å². The lowest BCUT2D eigenvalue weighted by molar-refractivity contribution is -0.133. The minimum atomic E-state index is -3.03. The number of likely N-dealkylation sites (N-methyl/N-ethyl adjacent to an activating group) is 1. The first-order valence-corrected chi connectivity index (χ1v) is 9.38. The van der Waals surface area contributed by atoms with Gasteiger partial charge in [0.25, 0.3) is 0 Å². The van der Waals surface area contributed by atoms with E-state index >= 15 is 0 Å². The van der Waals surface area contributed by atoms with Crippen molar-refractivity contribution in [1.82, 2.24) is 10.2 Å². The van der Waals surface area contributed by atoms with E-state index < -0.39 is 9.84 Å². The number of amides is 2. The Labute approximate surface area is 136 Å². The molecule has 23 heavy (non-hydrogen) atoms. The highest BCUT2D eigenvalue weighted by Crippen LogP contribution is 2.16. The second-order valence-corrected chi connectivity index (χ2v) is 8.17. The van der Waals surface area contributed by atoms with Crippen LogP contribution in [0.3, 0.4) is 0 Å². The van der Waals surface area contributed by atoms with Crippen LogP contribution in [0.1, 0.15) is 17.5 Å². The minimum absolute atomic E-state index is 0.00635. The summed E-state index contributed by atoms with van der Waals surface area (Å²) in [7, 11) is -1.45. The van der Waals surface area contributed by atoms with E-state index in [0.29, 0.717) is 6.42 Å². The summed E-state index contributed by atoms with van der Waals surface area (Å²) in [6.45, 7) is 1.82. The Hall–Kier alpha value is -1.89. The van der Waals surface area contributed by atoms with Crippen LogP contribution >= 0.6 is 0 Å². The molecule has 1 aliphatic heterocycles. The Morgan fingerprint density at radius 3 is 2.61 bits per heavy atom. The van der Waals surface area contributed by atoms with Crippen molar-refractivity contribution >= 4 is 21.7 Å². The Kier molecular flexibility index (Phi) is 5.41. The topological polar surface area (TPSA) is 83.6 Å². The van der Waals surface area contributed by atoms with Gasteiger partial charge in [0, 0.05) is 13.1 Å². The molecule has 1 saturated heterocycles. The van der Waals surface area contributed by atoms with Crippen molar-refractivity contribution in [1.29, 1.82) is 0 Å². The van der Waals surface area contributed by atoms with E-state index in [1.54, 1.807) is 7.05 Å². The number of sulfone groups is 1. The molecule has 0 radical (unpaired) electrons. The van der Waals surface area contributed by atoms with Crippen molar-refractivity contribution in [3.63, 3.8) is 0 Å². The normalized spacial score (nSPS) is 19.3. The fraction of sp³-hybridized carbons (Fsp3) is 0.500. The molecular weight excluding hydrogens is 316 g/mol. The average molecular weight is 338 g/mol. The van der Waals surface area contributed by atoms with Crippen molar-refractivity contribution in [2.45, 2.75) is 25.8 Å². The Morgan fingerprint density at radius 1 is 1.30 bits per heavy atom. The van der Waals surface area contributed by atoms with Gasteiger partial charge in [-0.1, -0.05) is 24.3 Å². The fourth-order valence-electron chi connectivity index (χ4n) is 2.63. The maximum Gasteiger partial charge on any atom is 0.241 e. The molecule has 7 heteroatoms. The van der Waals surface area contributed by atoms with E-state index in [1.807, 2.05) is 31.2 Å². The Balaban J connectivity index is 1.82. The summed E-state index contributed by atoms with van der Waals surface area (Å²) >= 11 is 0. The molecule has 0 bridgehead atoms. The number of carbonyl (C=O) groups is 2. The van der Waals surface area contributed by atoms with Gasteiger partial charge in [-0.2, -0.15) is 0 Å². The van der Waals surface area contributed by atoms with Crippen LogP contribution in [0.4, 0.5) is 0 Å². The van der Waals surface area contributed by atoms with Gasteiger partial charge in [0.05, 0.1) is 24.5 Å². The van der Waals surface area contributed by atoms with Gasteiger partial charge in [0.15, 0.2) is 9.84 Å². The van der Waals surface area contributed by atoms with Crippen LogP contribution in [0.15, 0.2) is 24.3 Å². The average Bonchev–Trinajstić information content (AvgIpc) is 2.86. The molecule has 1 aromatic carbocycles. The fourth-order valence-corrected chi connectivity index (χ4v) is 4.40. The number of rotatable bonds is 5. The first-order chi connectivity index (χ1) is 10.8. The van der Waals surface area contributed by atoms with Crippen molar-refractivity contribution in [3.05, 3.63) is 35.4 Å². The molecule has 126 valence electrons. The summed E-state index contributed by atoms with van der Waals surface area (Å²) in [5.74, 6) is -0.369. The highest BCUT2D eigenvalue weighted by molar-refractivity contribution is 7.91. The molecule has 2 amide bonds. The number of carbonyl (C=O) groups excluding carboxylic acids is 2. The van der Waals surface area contributed by atoms with E-state index in [0.717, 1.165) is 11.1 Å². The lowest BCUT2D eigenvalue weighted by Crippen LogP contribution is -2.44. The van der Waals surface area contributed by atoms with E-state index in [9.17, 15) is 18.0 Å². The van der Waals surface area contributed by atoms with Gasteiger partial charge in [-0.25, -0.2) is 8.42 Å². The third-order valence-corrected chi connectivity index (χ3v) is 5.95. The van der Waals surface area contributed by atoms with E-state index in [1.165, 1.54) is 4.90 Å². The minimum Gasteiger partial charge on any atom is -0.347 e. The number of hydrogen-bond donors (Lipinski definition) is 1. The summed E-state index contributed by atoms with van der Waals surface area (Å²) < 4.78 is 22.9. The predicted molar refractivity (Wildman–Crippen MR) is 87.7 cm³/mol. The van der Waals surface area contributed by atoms with Crippen LogP contribution < -0.4 is 5.32 Å². The van der Waals surface area contributed by atoms with Crippen LogP contribution in [0.2, 0.25) is 0 Å². The third kappa shape index (κ3) is 4.79. The molecule has 1 N–H and O–H groups in total. The summed E-state index contributed by atoms with van der Waals surface area (Å²) in [6.07, 6.45) is 0.684. The molecule has 0 aliphatic carbocycles. The highest BCUT2D eigenvalue weighted by Gasteiger charge is 2.32. The maximum atomic E-state index is 12.1. The van der Waals surface area contributed by atoms with Crippen LogP contribution in [0.25, 0.3) is 0 Å². The van der Waals surface area contributed by atoms with Gasteiger partial charge >= 0.3 is 0 Å². The van der Waals surface area contributed by atoms with Crippen molar-refractivity contribution in [2.24, 2.45) is 0 Å². The van der Waals surface area contributed by atoms with Crippen molar-refractivity contribution < 1.29 is 18.0 Å². The predicted octanol–water partition coefficient (Wildman–Crippen LogP) is 0.299. The van der Waals surface area contributed by atoms with E-state index in [4.69, 9.17) is 0 Å². The zero-order valence-electron chi connectivity index (χ0n) is 13.4. The highest BCUT2D eigenvalue weighted by atomic mass is 32.2. The van der Waals surface area contributed by atoms with Crippen LogP contribution in [0.5, 0.6) is 0 Å². The maximum absolute atomic E-state index is 12.1. The second kappa shape index (κ2) is 7.12. The van der Waals surface area contributed by atoms with Gasteiger partial charge in [-0.05, 0) is 24.5 Å². The zero-order valence-corrected chi connectivity index (χ0v) is 14.2. The molecule has 1 aromatic rings. The molecule has 6 nitrogen and oxygen atoms in total. The van der Waals surface area contributed by atoms with Crippen LogP contribution in [-0.4, -0.2) is 56.3 Å². The Morgan fingerprint density at radius 2 is 2.00 bits per heavy atom. The van der Waals surface area contributed by atoms with E-state index in [-0.39, 0.29) is 42.3 Å². The van der Waals surface area contributed by atoms with Gasteiger partial charge in [-0.15, -0.1) is 0 Å². The number of nitrogens with zero attached hydrogens (tertiary/aromatic N) is 1. The smallest absolute Gasteiger partial charge is 0.241 e. The monoisotopic (exact) mass is 338 g/mol. The molecule has 0 spiro atoms. The lowest BCUT2D eigenvalue weighted by Gasteiger charge is -2.23. The summed E-state index contributed by atoms with van der Waals surface area (Å²) in [6, 6.07) is 7.30. The van der Waals surface area contributed by atoms with Gasteiger partial charge in [0.1, 0.15) is 0 Å². The molecule has 2 rings (SSSR count). The number of nitrogens with one attached hydrogen (secondary N) is 1. The van der Waals surface area contributed by atoms with Crippen molar-refractivity contribution in [3.8, 4) is 0 Å². The lowest BCUT2D eigenvalue weighted by atomic mass is 10.1. The quantitative estimate of drug-likeness (QED) is 0.837. The molecular formula is C16H22N2O4S. The van der Waals surface area contributed by atoms with E-state index in [2.05, 4.69) is 5.32 Å². The molecule has 1 atom stereocenters. The standard InChI is InChI=1S/C16H22N2O4S/c1-12-5-3-4-6-13(12)9-15(19)17-10-16(20)18(2)14-7-8-23(21,22)11-14/h3-6,14H,7-11H2,1-2H3,(H,17,19).